The molecule has 0 unspecified atom stereocenters. The maximum atomic E-state index is 11.9. The lowest BCUT2D eigenvalue weighted by Gasteiger charge is -2.12. The van der Waals surface area contributed by atoms with E-state index in [4.69, 9.17) is 16.0 Å². The summed E-state index contributed by atoms with van der Waals surface area (Å²) in [5.41, 5.74) is 3.55. The first-order valence-corrected chi connectivity index (χ1v) is 8.45. The molecule has 7 nitrogen and oxygen atoms in total. The number of aromatic nitrogens is 3. The summed E-state index contributed by atoms with van der Waals surface area (Å²) in [6.45, 7) is 11.7. The van der Waals surface area contributed by atoms with Gasteiger partial charge < -0.3 is 9.47 Å². The van der Waals surface area contributed by atoms with Crippen LogP contribution in [0.4, 0.5) is 5.69 Å². The quantitative estimate of drug-likeness (QED) is 0.720. The summed E-state index contributed by atoms with van der Waals surface area (Å²) < 4.78 is 11.4. The topological polar surface area (TPSA) is 81.5 Å². The van der Waals surface area contributed by atoms with E-state index in [1.54, 1.807) is 38.2 Å². The molecule has 0 spiro atoms. The SMILES string of the molecule is [C-]#[N+]c1cc(Oc2nccc3c2CCO3)ccc1-c1c(C)n[nH]c(=O)c1C. The summed E-state index contributed by atoms with van der Waals surface area (Å²) in [5, 5.41) is 6.48. The number of ether oxygens (including phenoxy) is 2. The average Bonchev–Trinajstić information content (AvgIpc) is 3.16. The van der Waals surface area contributed by atoms with Gasteiger partial charge in [0.25, 0.3) is 5.56 Å². The van der Waals surface area contributed by atoms with Crippen molar-refractivity contribution in [3.8, 4) is 28.5 Å². The van der Waals surface area contributed by atoms with Gasteiger partial charge in [0.05, 0.1) is 24.4 Å². The number of hydrogen-bond donors (Lipinski definition) is 1. The number of fused-ring (bicyclic) bond motifs is 1. The summed E-state index contributed by atoms with van der Waals surface area (Å²) >= 11 is 0. The highest BCUT2D eigenvalue weighted by atomic mass is 16.5. The molecule has 0 radical (unpaired) electrons. The van der Waals surface area contributed by atoms with Crippen LogP contribution in [0.15, 0.2) is 35.3 Å². The van der Waals surface area contributed by atoms with Crippen LogP contribution in [-0.2, 0) is 6.42 Å². The molecule has 7 heteroatoms. The molecule has 27 heavy (non-hydrogen) atoms. The minimum Gasteiger partial charge on any atom is -0.493 e. The maximum absolute atomic E-state index is 11.9. The molecule has 0 saturated carbocycles. The van der Waals surface area contributed by atoms with Crippen molar-refractivity contribution in [3.05, 3.63) is 69.1 Å². The van der Waals surface area contributed by atoms with Crippen LogP contribution in [0.5, 0.6) is 17.4 Å². The molecule has 2 aromatic heterocycles. The lowest BCUT2D eigenvalue weighted by atomic mass is 9.99. The average molecular weight is 360 g/mol. The molecule has 3 heterocycles. The van der Waals surface area contributed by atoms with Crippen molar-refractivity contribution in [1.82, 2.24) is 15.2 Å². The monoisotopic (exact) mass is 360 g/mol. The first-order valence-electron chi connectivity index (χ1n) is 8.45. The summed E-state index contributed by atoms with van der Waals surface area (Å²) in [5.74, 6) is 1.77. The predicted octanol–water partition coefficient (Wildman–Crippen LogP) is 3.73. The van der Waals surface area contributed by atoms with Gasteiger partial charge in [0.2, 0.25) is 5.88 Å². The third-order valence-corrected chi connectivity index (χ3v) is 4.56. The van der Waals surface area contributed by atoms with Crippen LogP contribution in [0.25, 0.3) is 16.0 Å². The zero-order chi connectivity index (χ0) is 19.0. The molecule has 1 aliphatic rings. The highest BCUT2D eigenvalue weighted by Crippen LogP contribution is 2.38. The van der Waals surface area contributed by atoms with Gasteiger partial charge in [-0.05, 0) is 37.6 Å². The fraction of sp³-hybridized carbons (Fsp3) is 0.200. The Morgan fingerprint density at radius 3 is 2.96 bits per heavy atom. The molecule has 1 N–H and O–H groups in total. The summed E-state index contributed by atoms with van der Waals surface area (Å²) in [6.07, 6.45) is 2.38. The molecule has 4 rings (SSSR count). The lowest BCUT2D eigenvalue weighted by Crippen LogP contribution is -2.14. The van der Waals surface area contributed by atoms with E-state index < -0.39 is 0 Å². The number of hydrogen-bond acceptors (Lipinski definition) is 5. The van der Waals surface area contributed by atoms with Crippen LogP contribution in [0.3, 0.4) is 0 Å². The number of aromatic amines is 1. The van der Waals surface area contributed by atoms with Gasteiger partial charge in [0.15, 0.2) is 5.69 Å². The molecule has 1 aliphatic heterocycles. The Labute approximate surface area is 155 Å². The minimum absolute atomic E-state index is 0.268. The zero-order valence-electron chi connectivity index (χ0n) is 14.9. The number of nitrogens with zero attached hydrogens (tertiary/aromatic N) is 3. The number of benzene rings is 1. The Hall–Kier alpha value is -3.66. The van der Waals surface area contributed by atoms with E-state index in [2.05, 4.69) is 20.0 Å². The van der Waals surface area contributed by atoms with Crippen molar-refractivity contribution in [2.75, 3.05) is 6.61 Å². The number of rotatable bonds is 3. The van der Waals surface area contributed by atoms with Gasteiger partial charge in [-0.25, -0.2) is 14.9 Å². The Morgan fingerprint density at radius 1 is 1.30 bits per heavy atom. The molecule has 3 aromatic rings. The van der Waals surface area contributed by atoms with Crippen LogP contribution >= 0.6 is 0 Å². The lowest BCUT2D eigenvalue weighted by molar-refractivity contribution is 0.356. The number of nitrogens with one attached hydrogen (secondary N) is 1. The first-order chi connectivity index (χ1) is 13.1. The smallest absolute Gasteiger partial charge is 0.267 e. The molecular weight excluding hydrogens is 344 g/mol. The summed E-state index contributed by atoms with van der Waals surface area (Å²) in [7, 11) is 0. The van der Waals surface area contributed by atoms with Gasteiger partial charge in [0.1, 0.15) is 11.5 Å². The molecular formula is C20H16N4O3. The van der Waals surface area contributed by atoms with Crippen LogP contribution in [0.2, 0.25) is 0 Å². The van der Waals surface area contributed by atoms with Crippen molar-refractivity contribution >= 4 is 5.69 Å². The van der Waals surface area contributed by atoms with Gasteiger partial charge in [0, 0.05) is 23.7 Å². The van der Waals surface area contributed by atoms with E-state index in [-0.39, 0.29) is 5.56 Å². The zero-order valence-corrected chi connectivity index (χ0v) is 14.9. The minimum atomic E-state index is -0.268. The van der Waals surface area contributed by atoms with Crippen LogP contribution in [0, 0.1) is 20.4 Å². The van der Waals surface area contributed by atoms with E-state index in [0.717, 1.165) is 17.7 Å². The summed E-state index contributed by atoms with van der Waals surface area (Å²) in [6, 6.07) is 7.01. The molecule has 1 aromatic carbocycles. The van der Waals surface area contributed by atoms with Crippen LogP contribution < -0.4 is 15.0 Å². The molecule has 0 aliphatic carbocycles. The molecule has 134 valence electrons. The molecule has 0 saturated heterocycles. The summed E-state index contributed by atoms with van der Waals surface area (Å²) in [4.78, 5) is 19.8. The Morgan fingerprint density at radius 2 is 2.15 bits per heavy atom. The third-order valence-electron chi connectivity index (χ3n) is 4.56. The number of aryl methyl sites for hydroxylation is 1. The van der Waals surface area contributed by atoms with E-state index in [0.29, 0.717) is 46.3 Å². The van der Waals surface area contributed by atoms with E-state index >= 15 is 0 Å². The molecule has 0 fully saturated rings. The van der Waals surface area contributed by atoms with Gasteiger partial charge in [-0.3, -0.25) is 4.79 Å². The second kappa shape index (κ2) is 6.57. The fourth-order valence-electron chi connectivity index (χ4n) is 3.22. The van der Waals surface area contributed by atoms with Gasteiger partial charge in [-0.2, -0.15) is 5.10 Å². The largest absolute Gasteiger partial charge is 0.493 e. The highest BCUT2D eigenvalue weighted by Gasteiger charge is 2.20. The fourth-order valence-corrected chi connectivity index (χ4v) is 3.22. The Balaban J connectivity index is 1.76. The predicted molar refractivity (Wildman–Crippen MR) is 99.5 cm³/mol. The first kappa shape index (κ1) is 16.8. The standard InChI is InChI=1S/C20H16N4O3/c1-11-18(12(2)23-24-19(11)25)14-5-4-13(10-16(14)21-3)27-20-15-7-9-26-17(15)6-8-22-20/h4-6,8,10H,7,9H2,1-2H3,(H,24,25). The maximum Gasteiger partial charge on any atom is 0.267 e. The highest BCUT2D eigenvalue weighted by molar-refractivity contribution is 5.82. The Bertz CT molecular complexity index is 1140. The van der Waals surface area contributed by atoms with Gasteiger partial charge in [-0.15, -0.1) is 0 Å². The Kier molecular flexibility index (Phi) is 4.09. The van der Waals surface area contributed by atoms with E-state index in [1.807, 2.05) is 6.07 Å². The van der Waals surface area contributed by atoms with Gasteiger partial charge >= 0.3 is 0 Å². The number of H-pyrrole nitrogens is 1. The molecule has 0 amide bonds. The second-order valence-corrected chi connectivity index (χ2v) is 6.22. The van der Waals surface area contributed by atoms with Crippen molar-refractivity contribution in [2.45, 2.75) is 20.3 Å². The van der Waals surface area contributed by atoms with Crippen molar-refractivity contribution in [2.24, 2.45) is 0 Å². The van der Waals surface area contributed by atoms with Crippen LogP contribution in [-0.4, -0.2) is 21.8 Å². The van der Waals surface area contributed by atoms with Crippen molar-refractivity contribution < 1.29 is 9.47 Å². The van der Waals surface area contributed by atoms with E-state index in [9.17, 15) is 4.79 Å². The van der Waals surface area contributed by atoms with Crippen molar-refractivity contribution in [1.29, 1.82) is 0 Å². The van der Waals surface area contributed by atoms with Gasteiger partial charge in [-0.1, -0.05) is 6.07 Å². The van der Waals surface area contributed by atoms with E-state index in [1.165, 1.54) is 0 Å². The third kappa shape index (κ3) is 2.91. The molecule has 0 bridgehead atoms. The normalized spacial score (nSPS) is 12.2. The van der Waals surface area contributed by atoms with Crippen LogP contribution in [0.1, 0.15) is 16.8 Å². The number of pyridine rings is 1. The second-order valence-electron chi connectivity index (χ2n) is 6.22. The van der Waals surface area contributed by atoms with Crippen molar-refractivity contribution in [3.63, 3.8) is 0 Å². The molecule has 0 atom stereocenters.